The van der Waals surface area contributed by atoms with Crippen molar-refractivity contribution in [2.45, 2.75) is 39.2 Å². The van der Waals surface area contributed by atoms with Crippen LogP contribution in [0.5, 0.6) is 0 Å². The molecule has 0 aliphatic rings. The van der Waals surface area contributed by atoms with E-state index < -0.39 is 0 Å². The lowest BCUT2D eigenvalue weighted by Crippen LogP contribution is -2.28. The molecule has 2 N–H and O–H groups in total. The van der Waals surface area contributed by atoms with Crippen LogP contribution in [-0.2, 0) is 5.54 Å². The van der Waals surface area contributed by atoms with Gasteiger partial charge in [0.15, 0.2) is 0 Å². The molecule has 0 aliphatic heterocycles. The molecule has 0 atom stereocenters. The summed E-state index contributed by atoms with van der Waals surface area (Å²) in [6.07, 6.45) is 0. The summed E-state index contributed by atoms with van der Waals surface area (Å²) >= 11 is 1.77. The number of hydrogen-bond donors (Lipinski definition) is 1. The van der Waals surface area contributed by atoms with Gasteiger partial charge in [0, 0.05) is 11.5 Å². The van der Waals surface area contributed by atoms with E-state index in [0.29, 0.717) is 5.92 Å². The van der Waals surface area contributed by atoms with E-state index in [2.05, 4.69) is 37.0 Å². The Balaban J connectivity index is 2.54. The lowest BCUT2D eigenvalue weighted by molar-refractivity contribution is 0.555. The first kappa shape index (κ1) is 11.6. The van der Waals surface area contributed by atoms with Crippen molar-refractivity contribution in [3.8, 4) is 0 Å². The van der Waals surface area contributed by atoms with Crippen LogP contribution >= 0.6 is 11.3 Å². The van der Waals surface area contributed by atoms with E-state index >= 15 is 0 Å². The summed E-state index contributed by atoms with van der Waals surface area (Å²) in [6.45, 7) is 8.38. The molecule has 0 fully saturated rings. The van der Waals surface area contributed by atoms with Gasteiger partial charge in [0.05, 0.1) is 15.2 Å². The van der Waals surface area contributed by atoms with Crippen LogP contribution in [0.3, 0.4) is 0 Å². The molecule has 1 heterocycles. The third kappa shape index (κ3) is 2.11. The molecule has 2 aromatic rings. The van der Waals surface area contributed by atoms with Crippen molar-refractivity contribution in [2.24, 2.45) is 5.73 Å². The highest BCUT2D eigenvalue weighted by atomic mass is 32.1. The maximum absolute atomic E-state index is 6.09. The fraction of sp³-hybridized carbons (Fsp3) is 0.462. The van der Waals surface area contributed by atoms with Crippen molar-refractivity contribution in [1.82, 2.24) is 4.98 Å². The average Bonchev–Trinajstić information content (AvgIpc) is 2.58. The van der Waals surface area contributed by atoms with Gasteiger partial charge in [-0.2, -0.15) is 0 Å². The van der Waals surface area contributed by atoms with Gasteiger partial charge in [0.2, 0.25) is 0 Å². The number of thiazole rings is 1. The fourth-order valence-electron chi connectivity index (χ4n) is 1.59. The summed E-state index contributed by atoms with van der Waals surface area (Å²) in [6, 6.07) is 6.34. The van der Waals surface area contributed by atoms with Crippen molar-refractivity contribution < 1.29 is 0 Å². The van der Waals surface area contributed by atoms with E-state index in [1.165, 1.54) is 9.71 Å². The lowest BCUT2D eigenvalue weighted by Gasteiger charge is -2.18. The quantitative estimate of drug-likeness (QED) is 0.862. The summed E-state index contributed by atoms with van der Waals surface area (Å²) in [5.41, 5.74) is 8.01. The normalized spacial score (nSPS) is 12.6. The number of fused-ring (bicyclic) bond motifs is 1. The molecule has 0 aliphatic carbocycles. The third-order valence-corrected chi connectivity index (χ3v) is 3.98. The Morgan fingerprint density at radius 3 is 2.56 bits per heavy atom. The number of rotatable bonds is 2. The van der Waals surface area contributed by atoms with Gasteiger partial charge in [-0.25, -0.2) is 4.98 Å². The Morgan fingerprint density at radius 2 is 2.00 bits per heavy atom. The molecular formula is C13H18N2S. The van der Waals surface area contributed by atoms with E-state index in [-0.39, 0.29) is 5.54 Å². The van der Waals surface area contributed by atoms with E-state index in [4.69, 9.17) is 5.73 Å². The molecule has 0 radical (unpaired) electrons. The number of benzene rings is 1. The van der Waals surface area contributed by atoms with Gasteiger partial charge in [0.25, 0.3) is 0 Å². The minimum Gasteiger partial charge on any atom is -0.322 e. The minimum atomic E-state index is -0.296. The molecule has 16 heavy (non-hydrogen) atoms. The Morgan fingerprint density at radius 1 is 1.31 bits per heavy atom. The predicted molar refractivity (Wildman–Crippen MR) is 70.9 cm³/mol. The van der Waals surface area contributed by atoms with Crippen LogP contribution in [-0.4, -0.2) is 4.98 Å². The average molecular weight is 234 g/mol. The van der Waals surface area contributed by atoms with Crippen molar-refractivity contribution in [1.29, 1.82) is 0 Å². The molecule has 0 amide bonds. The third-order valence-electron chi connectivity index (χ3n) is 2.64. The summed E-state index contributed by atoms with van der Waals surface area (Å²) in [5.74, 6) is 0.492. The highest BCUT2D eigenvalue weighted by molar-refractivity contribution is 7.18. The number of nitrogens with zero attached hydrogens (tertiary/aromatic N) is 1. The van der Waals surface area contributed by atoms with Crippen LogP contribution in [0.25, 0.3) is 10.2 Å². The predicted octanol–water partition coefficient (Wildman–Crippen LogP) is 3.61. The second-order valence-electron chi connectivity index (χ2n) is 5.11. The maximum atomic E-state index is 6.09. The highest BCUT2D eigenvalue weighted by Gasteiger charge is 2.15. The zero-order valence-corrected chi connectivity index (χ0v) is 11.1. The van der Waals surface area contributed by atoms with Crippen molar-refractivity contribution >= 4 is 21.6 Å². The topological polar surface area (TPSA) is 38.9 Å². The standard InChI is InChI=1S/C13H18N2S/c1-8(2)12-15-10-7-9(13(3,4)14)5-6-11(10)16-12/h5-8H,14H2,1-4H3. The van der Waals surface area contributed by atoms with Gasteiger partial charge in [0.1, 0.15) is 0 Å². The minimum absolute atomic E-state index is 0.296. The van der Waals surface area contributed by atoms with E-state index in [1.54, 1.807) is 11.3 Å². The van der Waals surface area contributed by atoms with Crippen LogP contribution in [0.15, 0.2) is 18.2 Å². The van der Waals surface area contributed by atoms with Crippen molar-refractivity contribution in [3.05, 3.63) is 28.8 Å². The van der Waals surface area contributed by atoms with Crippen LogP contribution in [0.2, 0.25) is 0 Å². The van der Waals surface area contributed by atoms with Gasteiger partial charge in [-0.05, 0) is 31.5 Å². The zero-order chi connectivity index (χ0) is 11.9. The molecular weight excluding hydrogens is 216 g/mol. The van der Waals surface area contributed by atoms with Crippen LogP contribution in [0.1, 0.15) is 44.2 Å². The van der Waals surface area contributed by atoms with Crippen LogP contribution < -0.4 is 5.73 Å². The molecule has 0 saturated heterocycles. The SMILES string of the molecule is CC(C)c1nc2cc(C(C)(C)N)ccc2s1. The Labute approximate surface area is 101 Å². The Bertz CT molecular complexity index is 506. The number of nitrogens with two attached hydrogens (primary N) is 1. The molecule has 2 nitrogen and oxygen atoms in total. The van der Waals surface area contributed by atoms with Gasteiger partial charge in [-0.3, -0.25) is 0 Å². The van der Waals surface area contributed by atoms with Crippen molar-refractivity contribution in [2.75, 3.05) is 0 Å². The van der Waals surface area contributed by atoms with E-state index in [9.17, 15) is 0 Å². The second-order valence-corrected chi connectivity index (χ2v) is 6.17. The van der Waals surface area contributed by atoms with Gasteiger partial charge >= 0.3 is 0 Å². The van der Waals surface area contributed by atoms with Gasteiger partial charge in [-0.1, -0.05) is 19.9 Å². The fourth-order valence-corrected chi connectivity index (χ4v) is 2.54. The smallest absolute Gasteiger partial charge is 0.0963 e. The molecule has 0 unspecified atom stereocenters. The maximum Gasteiger partial charge on any atom is 0.0963 e. The molecule has 1 aromatic heterocycles. The monoisotopic (exact) mass is 234 g/mol. The molecule has 3 heteroatoms. The molecule has 0 bridgehead atoms. The molecule has 0 spiro atoms. The number of aromatic nitrogens is 1. The molecule has 0 saturated carbocycles. The first-order chi connectivity index (χ1) is 7.38. The second kappa shape index (κ2) is 3.82. The van der Waals surface area contributed by atoms with E-state index in [0.717, 1.165) is 11.1 Å². The number of hydrogen-bond acceptors (Lipinski definition) is 3. The van der Waals surface area contributed by atoms with E-state index in [1.807, 2.05) is 13.8 Å². The highest BCUT2D eigenvalue weighted by Crippen LogP contribution is 2.29. The lowest BCUT2D eigenvalue weighted by atomic mass is 9.96. The van der Waals surface area contributed by atoms with Crippen molar-refractivity contribution in [3.63, 3.8) is 0 Å². The zero-order valence-electron chi connectivity index (χ0n) is 10.2. The summed E-state index contributed by atoms with van der Waals surface area (Å²) in [7, 11) is 0. The first-order valence-corrected chi connectivity index (χ1v) is 6.39. The Hall–Kier alpha value is -0.930. The van der Waals surface area contributed by atoms with Gasteiger partial charge < -0.3 is 5.73 Å². The van der Waals surface area contributed by atoms with Crippen LogP contribution in [0, 0.1) is 0 Å². The summed E-state index contributed by atoms with van der Waals surface area (Å²) in [5, 5.41) is 1.20. The van der Waals surface area contributed by atoms with Gasteiger partial charge in [-0.15, -0.1) is 11.3 Å². The molecule has 2 rings (SSSR count). The summed E-state index contributed by atoms with van der Waals surface area (Å²) < 4.78 is 1.25. The Kier molecular flexibility index (Phi) is 2.76. The summed E-state index contributed by atoms with van der Waals surface area (Å²) in [4.78, 5) is 4.65. The van der Waals surface area contributed by atoms with Crippen LogP contribution in [0.4, 0.5) is 0 Å². The molecule has 86 valence electrons. The molecule has 1 aromatic carbocycles. The first-order valence-electron chi connectivity index (χ1n) is 5.58. The largest absolute Gasteiger partial charge is 0.322 e.